The second kappa shape index (κ2) is 41.5. The molecule has 2 saturated heterocycles. The SMILES string of the molecule is O=C(O)CCC(=O)NCCCCCC(=O)NCCCCCC(=O)N[C@@H](CCC(=O)NCCNC(=O)C1=CCN=C(NNC(=O)C(F)(F)F)C=C1)C(=O)NCCCOCCOCCOCCCNC(=O)CCCC[C@@H]1SC[C@@H]2NC(=O)N[C@@H]21. The van der Waals surface area contributed by atoms with E-state index in [1.807, 2.05) is 17.2 Å². The Labute approximate surface area is 479 Å². The molecule has 462 valence electrons. The molecule has 10 amide bonds. The van der Waals surface area contributed by atoms with E-state index in [1.165, 1.54) is 23.7 Å². The topological polar surface area (TPSA) is 363 Å². The van der Waals surface area contributed by atoms with Crippen LogP contribution < -0.4 is 58.7 Å². The van der Waals surface area contributed by atoms with Gasteiger partial charge < -0.3 is 67.2 Å². The number of alkyl halides is 3. The molecular formula is C52H83F3N12O14S. The minimum absolute atomic E-state index is 0.00493. The van der Waals surface area contributed by atoms with Gasteiger partial charge in [0.2, 0.25) is 35.4 Å². The van der Waals surface area contributed by atoms with Crippen molar-refractivity contribution in [2.75, 3.05) is 91.2 Å². The Hall–Kier alpha value is -6.53. The quantitative estimate of drug-likeness (QED) is 0.0226. The number of hydrogen-bond acceptors (Lipinski definition) is 16. The number of carboxylic acids is 1. The number of carboxylic acid groups (broad SMARTS) is 1. The van der Waals surface area contributed by atoms with Gasteiger partial charge in [-0.1, -0.05) is 25.3 Å². The Kier molecular flexibility index (Phi) is 35.3. The van der Waals surface area contributed by atoms with Crippen molar-refractivity contribution in [1.82, 2.24) is 58.7 Å². The van der Waals surface area contributed by atoms with E-state index in [4.69, 9.17) is 19.3 Å². The average molecular weight is 1190 g/mol. The highest BCUT2D eigenvalue weighted by Crippen LogP contribution is 2.33. The third-order valence-corrected chi connectivity index (χ3v) is 14.1. The van der Waals surface area contributed by atoms with Crippen molar-refractivity contribution in [3.63, 3.8) is 0 Å². The van der Waals surface area contributed by atoms with Crippen molar-refractivity contribution in [1.29, 1.82) is 0 Å². The average Bonchev–Trinajstić information content (AvgIpc) is 4.07. The van der Waals surface area contributed by atoms with E-state index in [0.717, 1.165) is 25.0 Å². The number of ether oxygens (including phenoxy) is 3. The summed E-state index contributed by atoms with van der Waals surface area (Å²) in [6, 6.07) is -0.774. The van der Waals surface area contributed by atoms with Crippen molar-refractivity contribution >= 4 is 76.9 Å². The van der Waals surface area contributed by atoms with Gasteiger partial charge in [0, 0.05) is 101 Å². The molecule has 3 aliphatic rings. The first kappa shape index (κ1) is 69.7. The number of urea groups is 1. The Morgan fingerprint density at radius 2 is 1.17 bits per heavy atom. The van der Waals surface area contributed by atoms with Crippen LogP contribution in [0.1, 0.15) is 116 Å². The van der Waals surface area contributed by atoms with Gasteiger partial charge in [-0.2, -0.15) is 24.9 Å². The maximum absolute atomic E-state index is 13.3. The lowest BCUT2D eigenvalue weighted by Crippen LogP contribution is -2.47. The van der Waals surface area contributed by atoms with E-state index in [2.05, 4.69) is 52.8 Å². The van der Waals surface area contributed by atoms with E-state index >= 15 is 0 Å². The molecular weight excluding hydrogens is 1110 g/mol. The number of amidine groups is 1. The highest BCUT2D eigenvalue weighted by molar-refractivity contribution is 8.00. The maximum Gasteiger partial charge on any atom is 0.472 e. The summed E-state index contributed by atoms with van der Waals surface area (Å²) in [7, 11) is 0. The summed E-state index contributed by atoms with van der Waals surface area (Å²) >= 11 is 1.87. The number of hydrazine groups is 1. The van der Waals surface area contributed by atoms with Gasteiger partial charge in [-0.05, 0) is 69.9 Å². The predicted octanol–water partition coefficient (Wildman–Crippen LogP) is 0.568. The third-order valence-electron chi connectivity index (χ3n) is 12.6. The number of thioether (sulfide) groups is 1. The molecule has 0 spiro atoms. The van der Waals surface area contributed by atoms with Crippen LogP contribution in [0.3, 0.4) is 0 Å². The summed E-state index contributed by atoms with van der Waals surface area (Å²) in [4.78, 5) is 125. The van der Waals surface area contributed by atoms with Gasteiger partial charge in [0.05, 0.1) is 51.5 Å². The molecule has 0 aliphatic carbocycles. The number of halogens is 3. The van der Waals surface area contributed by atoms with Crippen LogP contribution >= 0.6 is 11.8 Å². The molecule has 0 radical (unpaired) electrons. The van der Waals surface area contributed by atoms with Gasteiger partial charge in [0.25, 0.3) is 5.91 Å². The lowest BCUT2D eigenvalue weighted by atomic mass is 10.0. The van der Waals surface area contributed by atoms with Gasteiger partial charge in [0.1, 0.15) is 11.9 Å². The number of unbranched alkanes of at least 4 members (excludes halogenated alkanes) is 5. The standard InChI is InChI=1S/C52H83F3N12O14S/c53-52(54,55)50(77)67-66-40-17-15-36(21-26-56-40)48(75)62-28-27-60-43(70)18-16-37(63-45(72)14-4-2-8-22-57-41(68)12-3-1-7-23-58-44(71)19-20-46(73)74)49(76)61-25-10-30-80-32-34-81-33-31-79-29-9-24-59-42(69)13-6-5-11-39-47-38(35-82-39)64-51(78)65-47/h15,17,21,37-39,47H,1-14,16,18-20,22-35H2,(H,56,66)(H,57,68)(H,58,71)(H,59,69)(H,60,70)(H,61,76)(H,62,75)(H,63,72)(H,67,77)(H,73,74)(H2,64,65,78)/t37-,38-,39-,47-/m0/s1. The van der Waals surface area contributed by atoms with E-state index in [9.17, 15) is 61.1 Å². The van der Waals surface area contributed by atoms with Crippen LogP contribution in [0.15, 0.2) is 28.8 Å². The largest absolute Gasteiger partial charge is 0.481 e. The molecule has 0 unspecified atom stereocenters. The number of aliphatic imine (C=N–C) groups is 1. The van der Waals surface area contributed by atoms with Crippen LogP contribution in [0.4, 0.5) is 18.0 Å². The smallest absolute Gasteiger partial charge is 0.472 e. The summed E-state index contributed by atoms with van der Waals surface area (Å²) in [6.07, 6.45) is 6.62. The van der Waals surface area contributed by atoms with E-state index in [1.54, 1.807) is 0 Å². The molecule has 3 heterocycles. The summed E-state index contributed by atoms with van der Waals surface area (Å²) in [6.45, 7) is 3.62. The Bertz CT molecular complexity index is 2160. The third kappa shape index (κ3) is 32.8. The van der Waals surface area contributed by atoms with Crippen molar-refractivity contribution in [2.45, 2.75) is 145 Å². The molecule has 2 fully saturated rings. The molecule has 0 aromatic carbocycles. The van der Waals surface area contributed by atoms with Crippen LogP contribution in [-0.4, -0.2) is 191 Å². The number of aliphatic carboxylic acids is 1. The highest BCUT2D eigenvalue weighted by atomic mass is 32.2. The number of rotatable bonds is 43. The minimum atomic E-state index is -5.11. The molecule has 12 N–H and O–H groups in total. The Morgan fingerprint density at radius 3 is 1.80 bits per heavy atom. The normalized spacial score (nSPS) is 16.6. The van der Waals surface area contributed by atoms with Gasteiger partial charge >= 0.3 is 24.1 Å². The fraction of sp³-hybridized carbons (Fsp3) is 0.712. The van der Waals surface area contributed by atoms with Crippen LogP contribution in [0.5, 0.6) is 0 Å². The molecule has 0 aromatic heterocycles. The van der Waals surface area contributed by atoms with Crippen LogP contribution in [-0.2, 0) is 57.4 Å². The van der Waals surface area contributed by atoms with Crippen molar-refractivity contribution < 1.29 is 80.4 Å². The fourth-order valence-electron chi connectivity index (χ4n) is 8.20. The molecule has 82 heavy (non-hydrogen) atoms. The summed E-state index contributed by atoms with van der Waals surface area (Å²) in [5, 5.41) is 34.1. The Balaban J connectivity index is 1.27. The van der Waals surface area contributed by atoms with E-state index < -0.39 is 47.7 Å². The van der Waals surface area contributed by atoms with Gasteiger partial charge in [-0.25, -0.2) is 4.79 Å². The summed E-state index contributed by atoms with van der Waals surface area (Å²) < 4.78 is 54.2. The predicted molar refractivity (Wildman–Crippen MR) is 296 cm³/mol. The molecule has 3 rings (SSSR count). The zero-order valence-electron chi connectivity index (χ0n) is 46.4. The molecule has 30 heteroatoms. The molecule has 0 saturated carbocycles. The van der Waals surface area contributed by atoms with Gasteiger partial charge in [-0.3, -0.25) is 59.0 Å². The molecule has 4 atom stereocenters. The zero-order chi connectivity index (χ0) is 59.8. The van der Waals surface area contributed by atoms with Crippen molar-refractivity contribution in [3.05, 3.63) is 23.8 Å². The zero-order valence-corrected chi connectivity index (χ0v) is 47.2. The van der Waals surface area contributed by atoms with Crippen LogP contribution in [0, 0.1) is 0 Å². The second-order valence-electron chi connectivity index (χ2n) is 19.3. The molecule has 26 nitrogen and oxygen atoms in total. The number of amides is 10. The first-order valence-corrected chi connectivity index (χ1v) is 29.1. The number of nitrogens with one attached hydrogen (secondary N) is 11. The van der Waals surface area contributed by atoms with Gasteiger partial charge in [-0.15, -0.1) is 0 Å². The van der Waals surface area contributed by atoms with Crippen molar-refractivity contribution in [3.8, 4) is 0 Å². The van der Waals surface area contributed by atoms with Crippen LogP contribution in [0.2, 0.25) is 0 Å². The van der Waals surface area contributed by atoms with Crippen molar-refractivity contribution in [2.24, 2.45) is 4.99 Å². The molecule has 0 bridgehead atoms. The lowest BCUT2D eigenvalue weighted by Gasteiger charge is -2.19. The van der Waals surface area contributed by atoms with Gasteiger partial charge in [0.15, 0.2) is 0 Å². The highest BCUT2D eigenvalue weighted by Gasteiger charge is 2.42. The molecule has 3 aliphatic heterocycles. The minimum Gasteiger partial charge on any atom is -0.481 e. The Morgan fingerprint density at radius 1 is 0.622 bits per heavy atom. The number of carbonyl (C=O) groups excluding carboxylic acids is 9. The monoisotopic (exact) mass is 1190 g/mol. The molecule has 0 aromatic rings. The lowest BCUT2D eigenvalue weighted by molar-refractivity contribution is -0.174. The number of carbonyl (C=O) groups is 10. The first-order chi connectivity index (χ1) is 39.4. The van der Waals surface area contributed by atoms with Crippen LogP contribution in [0.25, 0.3) is 0 Å². The first-order valence-electron chi connectivity index (χ1n) is 28.0. The van der Waals surface area contributed by atoms with E-state index in [0.29, 0.717) is 129 Å². The van der Waals surface area contributed by atoms with E-state index in [-0.39, 0.29) is 106 Å². The second-order valence-corrected chi connectivity index (χ2v) is 20.6. The summed E-state index contributed by atoms with van der Waals surface area (Å²) in [5.74, 6) is -4.83. The number of nitrogens with zero attached hydrogens (tertiary/aromatic N) is 1. The fourth-order valence-corrected chi connectivity index (χ4v) is 9.74. The summed E-state index contributed by atoms with van der Waals surface area (Å²) in [5.41, 5.74) is 3.63. The maximum atomic E-state index is 13.3. The number of fused-ring (bicyclic) bond motifs is 1. The number of hydrogen-bond donors (Lipinski definition) is 12.